The van der Waals surface area contributed by atoms with Gasteiger partial charge in [0.1, 0.15) is 17.2 Å². The van der Waals surface area contributed by atoms with Crippen LogP contribution in [0.3, 0.4) is 0 Å². The molecule has 0 fully saturated rings. The molecule has 0 bridgehead atoms. The van der Waals surface area contributed by atoms with Crippen LogP contribution in [0, 0.1) is 20.8 Å². The summed E-state index contributed by atoms with van der Waals surface area (Å²) in [5, 5.41) is 0.615. The van der Waals surface area contributed by atoms with Gasteiger partial charge in [-0.15, -0.1) is 0 Å². The number of hydrogen-bond donors (Lipinski definition) is 0. The van der Waals surface area contributed by atoms with Gasteiger partial charge < -0.3 is 28.4 Å². The van der Waals surface area contributed by atoms with Crippen LogP contribution < -0.4 is 38.4 Å². The van der Waals surface area contributed by atoms with Crippen LogP contribution in [-0.4, -0.2) is 45.7 Å². The minimum atomic E-state index is -0.547. The van der Waals surface area contributed by atoms with Crippen molar-refractivity contribution in [1.29, 1.82) is 0 Å². The maximum Gasteiger partial charge on any atom is 1.00 e. The number of rotatable bonds is 12. The summed E-state index contributed by atoms with van der Waals surface area (Å²) in [6.45, 7) is 11.2. The van der Waals surface area contributed by atoms with E-state index in [1.807, 2.05) is 32.9 Å². The molecule has 2 aromatic rings. The van der Waals surface area contributed by atoms with Crippen LogP contribution in [0.2, 0.25) is 0 Å². The first-order valence-corrected chi connectivity index (χ1v) is 11.7. The largest absolute Gasteiger partial charge is 1.00 e. The third-order valence-electron chi connectivity index (χ3n) is 5.07. The van der Waals surface area contributed by atoms with Gasteiger partial charge in [0.05, 0.1) is 5.30 Å². The molecule has 0 saturated carbocycles. The summed E-state index contributed by atoms with van der Waals surface area (Å²) in [5.74, 6) is 1.36. The first-order chi connectivity index (χ1) is 15.6. The van der Waals surface area contributed by atoms with E-state index < -0.39 is 18.9 Å². The molecule has 0 saturated heterocycles. The fraction of sp³-hybridized carbons (Fsp3) is 0.480. The zero-order chi connectivity index (χ0) is 24.7. The predicted octanol–water partition coefficient (Wildman–Crippen LogP) is 1.87. The van der Waals surface area contributed by atoms with Gasteiger partial charge in [-0.3, -0.25) is 4.79 Å². The van der Waals surface area contributed by atoms with E-state index in [0.29, 0.717) is 28.1 Å². The monoisotopic (exact) mass is 485 g/mol. The molecule has 0 aliphatic heterocycles. The van der Waals surface area contributed by atoms with E-state index >= 15 is 0 Å². The summed E-state index contributed by atoms with van der Waals surface area (Å²) < 4.78 is 33.7. The Bertz CT molecular complexity index is 910. The fourth-order valence-electron chi connectivity index (χ4n) is 3.35. The Kier molecular flexibility index (Phi) is 12.6. The standard InChI is InChI=1S/C25H35O7P.Li/c1-14-10-15(2)23(16(3)11-14)25(26)33-24-21(31-18(5)28-8)12-20(30-17(4)27-7)13-22(24)32-19(6)29-9;/h10-13,17-19,33H,1-9H3;/q;+1. The molecule has 0 aromatic heterocycles. The van der Waals surface area contributed by atoms with E-state index in [1.54, 1.807) is 54.2 Å². The van der Waals surface area contributed by atoms with Crippen molar-refractivity contribution in [3.8, 4) is 17.2 Å². The molecular weight excluding hydrogens is 450 g/mol. The van der Waals surface area contributed by atoms with E-state index in [-0.39, 0.29) is 33.0 Å². The maximum absolute atomic E-state index is 13.5. The van der Waals surface area contributed by atoms with Crippen LogP contribution in [0.1, 0.15) is 47.8 Å². The van der Waals surface area contributed by atoms with Gasteiger partial charge in [-0.1, -0.05) is 17.7 Å². The molecule has 9 heteroatoms. The molecule has 4 atom stereocenters. The van der Waals surface area contributed by atoms with Crippen LogP contribution in [0.25, 0.3) is 0 Å². The second kappa shape index (κ2) is 14.1. The first kappa shape index (κ1) is 30.4. The molecule has 4 unspecified atom stereocenters. The van der Waals surface area contributed by atoms with Gasteiger partial charge in [0, 0.05) is 39.0 Å². The van der Waals surface area contributed by atoms with Crippen molar-refractivity contribution < 1.29 is 52.1 Å². The molecular formula is C25H35LiO7P+. The average Bonchev–Trinajstić information content (AvgIpc) is 2.74. The molecule has 34 heavy (non-hydrogen) atoms. The molecule has 0 aliphatic rings. The van der Waals surface area contributed by atoms with Crippen LogP contribution in [0.5, 0.6) is 17.2 Å². The molecule has 0 amide bonds. The Morgan fingerprint density at radius 3 is 1.56 bits per heavy atom. The first-order valence-electron chi connectivity index (χ1n) is 10.7. The summed E-state index contributed by atoms with van der Waals surface area (Å²) >= 11 is 0. The Balaban J connectivity index is 0.00000578. The molecule has 2 rings (SSSR count). The van der Waals surface area contributed by atoms with Gasteiger partial charge in [0.2, 0.25) is 0 Å². The van der Waals surface area contributed by atoms with Gasteiger partial charge in [0.15, 0.2) is 24.4 Å². The third-order valence-corrected chi connectivity index (χ3v) is 6.29. The Morgan fingerprint density at radius 2 is 1.15 bits per heavy atom. The number of ether oxygens (including phenoxy) is 6. The summed E-state index contributed by atoms with van der Waals surface area (Å²) in [6.07, 6.45) is -1.58. The molecule has 0 spiro atoms. The quantitative estimate of drug-likeness (QED) is 0.258. The van der Waals surface area contributed by atoms with Crippen molar-refractivity contribution in [3.63, 3.8) is 0 Å². The molecule has 7 nitrogen and oxygen atoms in total. The van der Waals surface area contributed by atoms with Gasteiger partial charge >= 0.3 is 18.9 Å². The Hall–Kier alpha value is -1.58. The molecule has 2 aromatic carbocycles. The van der Waals surface area contributed by atoms with Crippen LogP contribution in [0.15, 0.2) is 24.3 Å². The van der Waals surface area contributed by atoms with E-state index in [1.165, 1.54) is 0 Å². The topological polar surface area (TPSA) is 72.5 Å². The van der Waals surface area contributed by atoms with Gasteiger partial charge in [-0.2, -0.15) is 0 Å². The molecule has 0 aliphatic carbocycles. The third kappa shape index (κ3) is 8.27. The smallest absolute Gasteiger partial charge is 0.465 e. The van der Waals surface area contributed by atoms with E-state index in [9.17, 15) is 4.79 Å². The Morgan fingerprint density at radius 1 is 0.735 bits per heavy atom. The number of carbonyl (C=O) groups excluding carboxylic acids is 1. The summed E-state index contributed by atoms with van der Waals surface area (Å²) in [5.41, 5.74) is 3.71. The van der Waals surface area contributed by atoms with Gasteiger partial charge in [0.25, 0.3) is 0 Å². The van der Waals surface area contributed by atoms with Crippen LogP contribution in [-0.2, 0) is 14.2 Å². The van der Waals surface area contributed by atoms with Gasteiger partial charge in [-0.05, 0) is 61.3 Å². The fourth-order valence-corrected chi connectivity index (χ4v) is 4.61. The van der Waals surface area contributed by atoms with Crippen molar-refractivity contribution in [3.05, 3.63) is 46.5 Å². The summed E-state index contributed by atoms with van der Waals surface area (Å²) in [4.78, 5) is 13.5. The molecule has 182 valence electrons. The SMILES string of the molecule is COC(C)Oc1cc(OC(C)OC)c(PC(=O)c2c(C)cc(C)cc2C)c(OC(C)OC)c1.[Li+]. The van der Waals surface area contributed by atoms with E-state index in [0.717, 1.165) is 16.7 Å². The average molecular weight is 485 g/mol. The molecule has 0 radical (unpaired) electrons. The van der Waals surface area contributed by atoms with Crippen molar-refractivity contribution in [2.45, 2.75) is 60.4 Å². The number of methoxy groups -OCH3 is 3. The zero-order valence-electron chi connectivity index (χ0n) is 21.9. The van der Waals surface area contributed by atoms with E-state index in [2.05, 4.69) is 0 Å². The number of benzene rings is 2. The number of hydrogen-bond acceptors (Lipinski definition) is 7. The molecule has 0 N–H and O–H groups in total. The maximum atomic E-state index is 13.5. The van der Waals surface area contributed by atoms with Crippen LogP contribution >= 0.6 is 8.58 Å². The second-order valence-electron chi connectivity index (χ2n) is 7.79. The minimum Gasteiger partial charge on any atom is -0.465 e. The van der Waals surface area contributed by atoms with Crippen molar-refractivity contribution in [1.82, 2.24) is 0 Å². The number of carbonyl (C=O) groups is 1. The number of aryl methyl sites for hydroxylation is 3. The van der Waals surface area contributed by atoms with E-state index in [4.69, 9.17) is 28.4 Å². The summed E-state index contributed by atoms with van der Waals surface area (Å²) in [7, 11) is 4.41. The van der Waals surface area contributed by atoms with Gasteiger partial charge in [-0.25, -0.2) is 0 Å². The Labute approximate surface area is 216 Å². The minimum absolute atomic E-state index is 0. The van der Waals surface area contributed by atoms with Crippen LogP contribution in [0.4, 0.5) is 0 Å². The van der Waals surface area contributed by atoms with Crippen molar-refractivity contribution in [2.24, 2.45) is 0 Å². The zero-order valence-corrected chi connectivity index (χ0v) is 22.9. The predicted molar refractivity (Wildman–Crippen MR) is 131 cm³/mol. The van der Waals surface area contributed by atoms with Crippen molar-refractivity contribution >= 4 is 19.4 Å². The van der Waals surface area contributed by atoms with Crippen molar-refractivity contribution in [2.75, 3.05) is 21.3 Å². The summed E-state index contributed by atoms with van der Waals surface area (Å²) in [6, 6.07) is 7.48. The molecule has 0 heterocycles. The normalized spacial score (nSPS) is 13.8. The second-order valence-corrected chi connectivity index (χ2v) is 8.99.